The average molecular weight is 419 g/mol. The molecule has 1 aliphatic heterocycles. The van der Waals surface area contributed by atoms with E-state index in [1.807, 2.05) is 7.05 Å². The van der Waals surface area contributed by atoms with Crippen molar-refractivity contribution in [2.75, 3.05) is 25.9 Å². The van der Waals surface area contributed by atoms with Crippen LogP contribution in [0.3, 0.4) is 0 Å². The monoisotopic (exact) mass is 419 g/mol. The number of thioether (sulfide) groups is 1. The van der Waals surface area contributed by atoms with Crippen LogP contribution >= 0.6 is 35.7 Å². The van der Waals surface area contributed by atoms with E-state index in [9.17, 15) is 0 Å². The van der Waals surface area contributed by atoms with Crippen molar-refractivity contribution in [2.45, 2.75) is 31.4 Å². The molecule has 1 fully saturated rings. The van der Waals surface area contributed by atoms with E-state index >= 15 is 0 Å². The SMILES string of the molecule is CN=C(NCCc1ccccc1C)NCC1CCCS1.I. The van der Waals surface area contributed by atoms with E-state index < -0.39 is 0 Å². The topological polar surface area (TPSA) is 36.4 Å². The first-order chi connectivity index (χ1) is 9.79. The van der Waals surface area contributed by atoms with E-state index in [0.29, 0.717) is 0 Å². The van der Waals surface area contributed by atoms with Crippen LogP contribution in [0.25, 0.3) is 0 Å². The summed E-state index contributed by atoms with van der Waals surface area (Å²) in [4.78, 5) is 4.29. The van der Waals surface area contributed by atoms with Gasteiger partial charge in [-0.25, -0.2) is 0 Å². The Kier molecular flexibility index (Phi) is 9.15. The summed E-state index contributed by atoms with van der Waals surface area (Å²) < 4.78 is 0. The summed E-state index contributed by atoms with van der Waals surface area (Å²) in [5.74, 6) is 2.23. The highest BCUT2D eigenvalue weighted by Gasteiger charge is 2.15. The molecular weight excluding hydrogens is 393 g/mol. The van der Waals surface area contributed by atoms with E-state index in [1.54, 1.807) is 0 Å². The number of aliphatic imine (C=N–C) groups is 1. The summed E-state index contributed by atoms with van der Waals surface area (Å²) >= 11 is 2.07. The van der Waals surface area contributed by atoms with Crippen molar-refractivity contribution < 1.29 is 0 Å². The summed E-state index contributed by atoms with van der Waals surface area (Å²) in [6.45, 7) is 4.11. The number of nitrogens with one attached hydrogen (secondary N) is 2. The predicted octanol–water partition coefficient (Wildman–Crippen LogP) is 3.22. The normalized spacial score (nSPS) is 18.2. The lowest BCUT2D eigenvalue weighted by Gasteiger charge is -2.15. The molecule has 1 atom stereocenters. The van der Waals surface area contributed by atoms with Crippen LogP contribution < -0.4 is 10.6 Å². The molecule has 2 N–H and O–H groups in total. The second-order valence-electron chi connectivity index (χ2n) is 5.19. The van der Waals surface area contributed by atoms with Crippen molar-refractivity contribution in [3.05, 3.63) is 35.4 Å². The Bertz CT molecular complexity index is 445. The molecular formula is C16H26IN3S. The van der Waals surface area contributed by atoms with Gasteiger partial charge in [0, 0.05) is 25.4 Å². The highest BCUT2D eigenvalue weighted by atomic mass is 127. The van der Waals surface area contributed by atoms with Crippen LogP contribution in [0.4, 0.5) is 0 Å². The van der Waals surface area contributed by atoms with Gasteiger partial charge in [-0.3, -0.25) is 4.99 Å². The molecule has 0 bridgehead atoms. The largest absolute Gasteiger partial charge is 0.356 e. The number of nitrogens with zero attached hydrogens (tertiary/aromatic N) is 1. The van der Waals surface area contributed by atoms with Crippen molar-refractivity contribution in [1.29, 1.82) is 0 Å². The summed E-state index contributed by atoms with van der Waals surface area (Å²) in [5.41, 5.74) is 2.77. The highest BCUT2D eigenvalue weighted by Crippen LogP contribution is 2.25. The Labute approximate surface area is 149 Å². The first-order valence-corrected chi connectivity index (χ1v) is 8.45. The number of hydrogen-bond donors (Lipinski definition) is 2. The Hall–Kier alpha value is -0.430. The molecule has 0 spiro atoms. The Morgan fingerprint density at radius 2 is 2.14 bits per heavy atom. The zero-order chi connectivity index (χ0) is 14.2. The molecule has 1 saturated heterocycles. The van der Waals surface area contributed by atoms with Gasteiger partial charge in [0.2, 0.25) is 0 Å². The molecule has 1 unspecified atom stereocenters. The van der Waals surface area contributed by atoms with Crippen LogP contribution in [-0.4, -0.2) is 37.1 Å². The van der Waals surface area contributed by atoms with Gasteiger partial charge in [0.1, 0.15) is 0 Å². The van der Waals surface area contributed by atoms with Gasteiger partial charge in [-0.2, -0.15) is 11.8 Å². The average Bonchev–Trinajstić information content (AvgIpc) is 2.98. The van der Waals surface area contributed by atoms with Gasteiger partial charge in [0.15, 0.2) is 5.96 Å². The molecule has 2 rings (SSSR count). The number of hydrogen-bond acceptors (Lipinski definition) is 2. The number of benzene rings is 1. The lowest BCUT2D eigenvalue weighted by molar-refractivity contribution is 0.724. The molecule has 21 heavy (non-hydrogen) atoms. The number of aryl methyl sites for hydroxylation is 1. The van der Waals surface area contributed by atoms with Gasteiger partial charge in [0.25, 0.3) is 0 Å². The fourth-order valence-electron chi connectivity index (χ4n) is 2.44. The maximum atomic E-state index is 4.29. The highest BCUT2D eigenvalue weighted by molar-refractivity contribution is 14.0. The lowest BCUT2D eigenvalue weighted by Crippen LogP contribution is -2.40. The molecule has 0 aliphatic carbocycles. The maximum Gasteiger partial charge on any atom is 0.191 e. The number of halogens is 1. The zero-order valence-corrected chi connectivity index (χ0v) is 16.0. The molecule has 0 amide bonds. The summed E-state index contributed by atoms with van der Waals surface area (Å²) in [5, 5.41) is 7.58. The first kappa shape index (κ1) is 18.6. The quantitative estimate of drug-likeness (QED) is 0.437. The van der Waals surface area contributed by atoms with Crippen LogP contribution in [0.5, 0.6) is 0 Å². The molecule has 1 aromatic rings. The van der Waals surface area contributed by atoms with E-state index in [1.165, 1.54) is 29.7 Å². The van der Waals surface area contributed by atoms with Gasteiger partial charge in [-0.15, -0.1) is 24.0 Å². The van der Waals surface area contributed by atoms with Crippen molar-refractivity contribution in [3.8, 4) is 0 Å². The minimum absolute atomic E-state index is 0. The van der Waals surface area contributed by atoms with E-state index in [4.69, 9.17) is 0 Å². The third-order valence-corrected chi connectivity index (χ3v) is 5.09. The molecule has 5 heteroatoms. The first-order valence-electron chi connectivity index (χ1n) is 7.40. The van der Waals surface area contributed by atoms with Gasteiger partial charge >= 0.3 is 0 Å². The van der Waals surface area contributed by atoms with E-state index in [0.717, 1.165) is 30.7 Å². The summed E-state index contributed by atoms with van der Waals surface area (Å²) in [7, 11) is 1.84. The molecule has 1 heterocycles. The van der Waals surface area contributed by atoms with Crippen LogP contribution in [0, 0.1) is 6.92 Å². The van der Waals surface area contributed by atoms with Crippen LogP contribution in [-0.2, 0) is 6.42 Å². The fourth-order valence-corrected chi connectivity index (χ4v) is 3.64. The van der Waals surface area contributed by atoms with Crippen molar-refractivity contribution in [2.24, 2.45) is 4.99 Å². The molecule has 118 valence electrons. The van der Waals surface area contributed by atoms with Crippen LogP contribution in [0.15, 0.2) is 29.3 Å². The summed E-state index contributed by atoms with van der Waals surface area (Å²) in [6.07, 6.45) is 3.72. The second-order valence-corrected chi connectivity index (χ2v) is 6.60. The molecule has 3 nitrogen and oxygen atoms in total. The van der Waals surface area contributed by atoms with Gasteiger partial charge in [0.05, 0.1) is 0 Å². The van der Waals surface area contributed by atoms with E-state index in [-0.39, 0.29) is 24.0 Å². The molecule has 0 aromatic heterocycles. The third kappa shape index (κ3) is 6.46. The second kappa shape index (κ2) is 10.3. The van der Waals surface area contributed by atoms with Gasteiger partial charge < -0.3 is 10.6 Å². The third-order valence-electron chi connectivity index (χ3n) is 3.69. The number of guanidine groups is 1. The lowest BCUT2D eigenvalue weighted by atomic mass is 10.1. The fraction of sp³-hybridized carbons (Fsp3) is 0.562. The van der Waals surface area contributed by atoms with Crippen LogP contribution in [0.2, 0.25) is 0 Å². The van der Waals surface area contributed by atoms with Gasteiger partial charge in [-0.1, -0.05) is 24.3 Å². The van der Waals surface area contributed by atoms with E-state index in [2.05, 4.69) is 58.6 Å². The summed E-state index contributed by atoms with van der Waals surface area (Å²) in [6, 6.07) is 8.56. The molecule has 0 radical (unpaired) electrons. The Morgan fingerprint density at radius 1 is 1.33 bits per heavy atom. The molecule has 1 aromatic carbocycles. The van der Waals surface area contributed by atoms with Crippen LogP contribution in [0.1, 0.15) is 24.0 Å². The minimum Gasteiger partial charge on any atom is -0.356 e. The molecule has 0 saturated carbocycles. The standard InChI is InChI=1S/C16H25N3S.HI/c1-13-6-3-4-7-14(13)9-10-18-16(17-2)19-12-15-8-5-11-20-15;/h3-4,6-7,15H,5,8-12H2,1-2H3,(H2,17,18,19);1H. The zero-order valence-electron chi connectivity index (χ0n) is 12.9. The van der Waals surface area contributed by atoms with Crippen molar-refractivity contribution >= 4 is 41.7 Å². The van der Waals surface area contributed by atoms with Gasteiger partial charge in [-0.05, 0) is 43.1 Å². The number of rotatable bonds is 5. The Morgan fingerprint density at radius 3 is 2.81 bits per heavy atom. The van der Waals surface area contributed by atoms with Crippen molar-refractivity contribution in [3.63, 3.8) is 0 Å². The van der Waals surface area contributed by atoms with Crippen molar-refractivity contribution in [1.82, 2.24) is 10.6 Å². The Balaban J connectivity index is 0.00000220. The smallest absolute Gasteiger partial charge is 0.191 e. The molecule has 1 aliphatic rings. The maximum absolute atomic E-state index is 4.29. The minimum atomic E-state index is 0. The predicted molar refractivity (Wildman–Crippen MR) is 105 cm³/mol.